The second-order valence-corrected chi connectivity index (χ2v) is 23.4. The van der Waals surface area contributed by atoms with Crippen LogP contribution in [0.25, 0.3) is 33.6 Å². The summed E-state index contributed by atoms with van der Waals surface area (Å²) in [5, 5.41) is 10.5. The number of anilines is 2. The number of benzene rings is 3. The second-order valence-electron chi connectivity index (χ2n) is 21.6. The van der Waals surface area contributed by atoms with Crippen molar-refractivity contribution in [2.45, 2.75) is 63.8 Å². The fourth-order valence-corrected chi connectivity index (χ4v) is 14.1. The molecule has 4 amide bonds. The summed E-state index contributed by atoms with van der Waals surface area (Å²) in [4.78, 5) is 78.6. The van der Waals surface area contributed by atoms with Crippen LogP contribution in [0.5, 0.6) is 0 Å². The van der Waals surface area contributed by atoms with Gasteiger partial charge in [-0.1, -0.05) is 59.6 Å². The Morgan fingerprint density at radius 1 is 0.545 bits per heavy atom. The largest absolute Gasteiger partial charge is 0.356 e. The summed E-state index contributed by atoms with van der Waals surface area (Å²) in [6.07, 6.45) is 11.4. The zero-order chi connectivity index (χ0) is 52.2. The molecule has 6 fully saturated rings. The Kier molecular flexibility index (Phi) is 12.6. The summed E-state index contributed by atoms with van der Waals surface area (Å²) >= 11 is 15.2. The van der Waals surface area contributed by atoms with Crippen LogP contribution in [0.1, 0.15) is 105 Å². The normalized spacial score (nSPS) is 26.4. The third kappa shape index (κ3) is 8.56. The summed E-state index contributed by atoms with van der Waals surface area (Å²) in [6, 6.07) is 19.7. The van der Waals surface area contributed by atoms with Crippen LogP contribution >= 0.6 is 45.8 Å². The molecule has 6 aliphatic heterocycles. The topological polar surface area (TPSA) is 187 Å². The van der Waals surface area contributed by atoms with Crippen LogP contribution in [0.15, 0.2) is 79.1 Å². The summed E-state index contributed by atoms with van der Waals surface area (Å²) in [5.41, 5.74) is 6.31. The van der Waals surface area contributed by atoms with E-state index in [9.17, 15) is 19.2 Å². The van der Waals surface area contributed by atoms with Crippen LogP contribution in [-0.2, 0) is 9.47 Å². The van der Waals surface area contributed by atoms with Crippen molar-refractivity contribution in [3.05, 3.63) is 115 Å². The molecule has 2 saturated carbocycles. The van der Waals surface area contributed by atoms with E-state index in [0.717, 1.165) is 111 Å². The third-order valence-electron chi connectivity index (χ3n) is 17.3. The highest BCUT2D eigenvalue weighted by Crippen LogP contribution is 2.54. The molecule has 0 radical (unpaired) electrons. The number of amides is 4. The predicted molar refractivity (Wildman–Crippen MR) is 295 cm³/mol. The highest BCUT2D eigenvalue weighted by atomic mass is 127. The van der Waals surface area contributed by atoms with Gasteiger partial charge in [0.2, 0.25) is 0 Å². The number of imide groups is 2. The van der Waals surface area contributed by atoms with E-state index in [2.05, 4.69) is 37.5 Å². The van der Waals surface area contributed by atoms with Crippen molar-refractivity contribution in [3.63, 3.8) is 0 Å². The highest BCUT2D eigenvalue weighted by Gasteiger charge is 2.56. The summed E-state index contributed by atoms with van der Waals surface area (Å²) in [6.45, 7) is 5.80. The lowest BCUT2D eigenvalue weighted by molar-refractivity contribution is -0.0372. The number of ether oxygens (including phenoxy) is 2. The fraction of sp³-hybridized carbons (Fsp3) is 0.429. The molecule has 15 rings (SSSR count). The van der Waals surface area contributed by atoms with E-state index < -0.39 is 0 Å². The maximum absolute atomic E-state index is 12.9. The minimum Gasteiger partial charge on any atom is -0.356 e. The van der Waals surface area contributed by atoms with Gasteiger partial charge in [0.25, 0.3) is 23.6 Å². The van der Waals surface area contributed by atoms with Crippen molar-refractivity contribution < 1.29 is 28.7 Å². The third-order valence-corrected chi connectivity index (χ3v) is 18.9. The zero-order valence-corrected chi connectivity index (χ0v) is 45.6. The van der Waals surface area contributed by atoms with Gasteiger partial charge < -0.3 is 19.3 Å². The highest BCUT2D eigenvalue weighted by molar-refractivity contribution is 14.1. The first-order valence-corrected chi connectivity index (χ1v) is 28.7. The van der Waals surface area contributed by atoms with Crippen LogP contribution in [0.2, 0.25) is 10.0 Å². The van der Waals surface area contributed by atoms with Crippen LogP contribution in [0, 0.1) is 39.2 Å². The Morgan fingerprint density at radius 3 is 1.51 bits per heavy atom. The van der Waals surface area contributed by atoms with Gasteiger partial charge in [-0.05, 0) is 140 Å². The Morgan fingerprint density at radius 2 is 1.01 bits per heavy atom. The second kappa shape index (κ2) is 19.6. The number of nitrogens with zero attached hydrogens (tertiary/aromatic N) is 12. The lowest BCUT2D eigenvalue weighted by Gasteiger charge is -2.27. The standard InChI is InChI=1S/C31H28Cl2N6O3.C25H25IN6O3/c32-23-9-5-8-20(26(23)33)27-28-29(39(36-27)25-10-3-4-13-42-25)35-24(14-34-28)37-12-11-17-21(15-37)22(17)16-38-30(40)18-6-1-2-7-19(18)31(38)41;26-22-21-23(32(29-22)20-7-3-4-10-35-20)28-19(11-27-21)30-9-8-14-17(12-30)18(14)13-31-24(33)15-5-1-2-6-16(15)25(31)34/h1-2,5-9,14,17,21-22,25H,3-4,10-13,15-16H2;1-2,5-6,11,14,17-18,20H,3-4,7-10,12-13H2. The maximum atomic E-state index is 12.9. The molecule has 2 aliphatic carbocycles. The number of hydrogen-bond acceptors (Lipinski definition) is 14. The molecular formula is C56H53Cl2IN12O6. The van der Waals surface area contributed by atoms with E-state index in [4.69, 9.17) is 57.7 Å². The maximum Gasteiger partial charge on any atom is 0.261 e. The number of rotatable bonds is 9. The number of aromatic nitrogens is 8. The van der Waals surface area contributed by atoms with Gasteiger partial charge in [-0.15, -0.1) is 0 Å². The molecule has 4 aromatic heterocycles. The van der Waals surface area contributed by atoms with Crippen molar-refractivity contribution in [1.29, 1.82) is 0 Å². The van der Waals surface area contributed by atoms with Crippen molar-refractivity contribution in [3.8, 4) is 11.3 Å². The molecule has 77 heavy (non-hydrogen) atoms. The minimum atomic E-state index is -0.226. The van der Waals surface area contributed by atoms with Crippen LogP contribution in [-0.4, -0.2) is 125 Å². The molecule has 3 aromatic carbocycles. The van der Waals surface area contributed by atoms with E-state index in [-0.39, 0.29) is 36.1 Å². The van der Waals surface area contributed by atoms with Crippen molar-refractivity contribution >= 4 is 103 Å². The lowest BCUT2D eigenvalue weighted by Crippen LogP contribution is -2.33. The smallest absolute Gasteiger partial charge is 0.261 e. The molecule has 8 unspecified atom stereocenters. The Hall–Kier alpha value is -6.13. The average Bonchev–Trinajstić information content (AvgIpc) is 4.18. The van der Waals surface area contributed by atoms with E-state index in [1.165, 1.54) is 9.80 Å². The number of fused-ring (bicyclic) bond motifs is 6. The van der Waals surface area contributed by atoms with Crippen LogP contribution < -0.4 is 9.80 Å². The number of piperidine rings is 2. The first-order chi connectivity index (χ1) is 37.6. The van der Waals surface area contributed by atoms with Crippen LogP contribution in [0.3, 0.4) is 0 Å². The monoisotopic (exact) mass is 1190 g/mol. The number of hydrogen-bond donors (Lipinski definition) is 0. The van der Waals surface area contributed by atoms with E-state index in [0.29, 0.717) is 110 Å². The van der Waals surface area contributed by atoms with Gasteiger partial charge in [0.05, 0.1) is 44.7 Å². The molecule has 0 spiro atoms. The van der Waals surface area contributed by atoms with Gasteiger partial charge in [-0.3, -0.25) is 29.0 Å². The van der Waals surface area contributed by atoms with Gasteiger partial charge in [0.15, 0.2) is 27.5 Å². The first-order valence-electron chi connectivity index (χ1n) is 26.8. The molecule has 10 heterocycles. The molecule has 394 valence electrons. The lowest BCUT2D eigenvalue weighted by atomic mass is 10.1. The Bertz CT molecular complexity index is 3490. The molecule has 7 aromatic rings. The van der Waals surface area contributed by atoms with E-state index in [1.807, 2.05) is 39.8 Å². The quantitative estimate of drug-likeness (QED) is 0.0983. The first kappa shape index (κ1) is 49.2. The van der Waals surface area contributed by atoms with Gasteiger partial charge in [-0.25, -0.2) is 29.3 Å². The molecule has 0 N–H and O–H groups in total. The Labute approximate surface area is 466 Å². The molecule has 4 saturated heterocycles. The molecular weight excluding hydrogens is 1130 g/mol. The summed E-state index contributed by atoms with van der Waals surface area (Å²) in [5.74, 6) is 3.52. The van der Waals surface area contributed by atoms with Crippen molar-refractivity contribution in [2.24, 2.45) is 35.5 Å². The summed E-state index contributed by atoms with van der Waals surface area (Å²) < 4.78 is 16.7. The van der Waals surface area contributed by atoms with Crippen LogP contribution in [0.4, 0.5) is 11.6 Å². The molecule has 21 heteroatoms. The predicted octanol–water partition coefficient (Wildman–Crippen LogP) is 9.37. The molecule has 18 nitrogen and oxygen atoms in total. The van der Waals surface area contributed by atoms with Gasteiger partial charge in [0, 0.05) is 58.0 Å². The van der Waals surface area contributed by atoms with Crippen molar-refractivity contribution in [2.75, 3.05) is 62.3 Å². The number of carbonyl (C=O) groups is 4. The van der Waals surface area contributed by atoms with Gasteiger partial charge in [0.1, 0.15) is 28.4 Å². The van der Waals surface area contributed by atoms with Gasteiger partial charge in [-0.2, -0.15) is 10.2 Å². The van der Waals surface area contributed by atoms with Gasteiger partial charge >= 0.3 is 0 Å². The zero-order valence-electron chi connectivity index (χ0n) is 41.9. The van der Waals surface area contributed by atoms with Crippen molar-refractivity contribution in [1.82, 2.24) is 49.3 Å². The molecule has 0 bridgehead atoms. The van der Waals surface area contributed by atoms with E-state index in [1.54, 1.807) is 48.7 Å². The average molecular weight is 1190 g/mol. The fourth-order valence-electron chi connectivity index (χ4n) is 13.1. The molecule has 8 atom stereocenters. The summed E-state index contributed by atoms with van der Waals surface area (Å²) in [7, 11) is 0. The number of carbonyl (C=O) groups excluding carboxylic acids is 4. The Balaban J connectivity index is 0.000000143. The molecule has 8 aliphatic rings. The SMILES string of the molecule is O=C1c2ccccc2C(=O)N1CC1C2CCN(c3cnc4c(-c5cccc(Cl)c5Cl)nn(C5CCCCO5)c4n3)CC21.O=C1c2ccccc2C(=O)N1CC1C2CCN(c3cnc4c(I)nn(C5CCCCO5)c4n3)CC21. The number of halogens is 3. The minimum absolute atomic E-state index is 0.0856. The van der Waals surface area contributed by atoms with E-state index >= 15 is 0 Å².